The van der Waals surface area contributed by atoms with Crippen molar-refractivity contribution < 1.29 is 9.84 Å². The van der Waals surface area contributed by atoms with E-state index < -0.39 is 0 Å². The van der Waals surface area contributed by atoms with Crippen molar-refractivity contribution >= 4 is 0 Å². The summed E-state index contributed by atoms with van der Waals surface area (Å²) in [6.07, 6.45) is 0.760. The van der Waals surface area contributed by atoms with Gasteiger partial charge >= 0.3 is 0 Å². The molecule has 5 heteroatoms. The Hall–Kier alpha value is -1.82. The average Bonchev–Trinajstić information content (AvgIpc) is 3.13. The molecule has 0 bridgehead atoms. The van der Waals surface area contributed by atoms with Gasteiger partial charge in [-0.1, -0.05) is 0 Å². The predicted octanol–water partition coefficient (Wildman–Crippen LogP) is 2.74. The van der Waals surface area contributed by atoms with Gasteiger partial charge in [0.25, 0.3) is 0 Å². The molecule has 146 valence electrons. The van der Waals surface area contributed by atoms with E-state index >= 15 is 0 Å². The van der Waals surface area contributed by atoms with Crippen LogP contribution in [0.1, 0.15) is 30.3 Å². The highest BCUT2D eigenvalue weighted by Gasteiger charge is 2.38. The first-order valence-corrected chi connectivity index (χ1v) is 9.94. The summed E-state index contributed by atoms with van der Waals surface area (Å²) in [5, 5.41) is 10.00. The minimum Gasteiger partial charge on any atom is -0.497 e. The minimum absolute atomic E-state index is 0.151. The standard InChI is InChI=1S/C22H31N3O2/c1-15-9-18(17(3)25(15)19-5-7-22(27-4)8-6-19)12-23-13-20-10-21(26)14-24(20)11-16(23)2/h5-9,16,20-21,26H,10-14H2,1-4H3/t16-,20?,21+/m0/s1. The highest BCUT2D eigenvalue weighted by molar-refractivity contribution is 5.43. The van der Waals surface area contributed by atoms with Gasteiger partial charge in [-0.2, -0.15) is 0 Å². The number of ether oxygens (including phenoxy) is 1. The van der Waals surface area contributed by atoms with Gasteiger partial charge in [0.1, 0.15) is 5.75 Å². The van der Waals surface area contributed by atoms with Crippen molar-refractivity contribution in [3.63, 3.8) is 0 Å². The van der Waals surface area contributed by atoms with E-state index in [1.165, 1.54) is 22.6 Å². The van der Waals surface area contributed by atoms with Crippen LogP contribution in [0.25, 0.3) is 5.69 Å². The van der Waals surface area contributed by atoms with Gasteiger partial charge in [0, 0.05) is 55.3 Å². The first kappa shape index (κ1) is 18.5. The number of hydrogen-bond acceptors (Lipinski definition) is 4. The second kappa shape index (κ2) is 7.30. The van der Waals surface area contributed by atoms with Gasteiger partial charge in [-0.05, 0) is 63.1 Å². The van der Waals surface area contributed by atoms with Crippen LogP contribution in [0.4, 0.5) is 0 Å². The first-order valence-electron chi connectivity index (χ1n) is 9.94. The molecule has 1 aromatic carbocycles. The second-order valence-electron chi connectivity index (χ2n) is 8.21. The summed E-state index contributed by atoms with van der Waals surface area (Å²) in [5.41, 5.74) is 5.13. The van der Waals surface area contributed by atoms with Crippen LogP contribution >= 0.6 is 0 Å². The lowest BCUT2D eigenvalue weighted by molar-refractivity contribution is 0.0527. The summed E-state index contributed by atoms with van der Waals surface area (Å²) in [6, 6.07) is 11.6. The lowest BCUT2D eigenvalue weighted by atomic mass is 10.1. The van der Waals surface area contributed by atoms with Crippen molar-refractivity contribution in [2.24, 2.45) is 0 Å². The molecule has 2 aliphatic heterocycles. The third kappa shape index (κ3) is 3.51. The molecular weight excluding hydrogens is 338 g/mol. The van der Waals surface area contributed by atoms with E-state index in [0.29, 0.717) is 12.1 Å². The number of piperazine rings is 1. The molecule has 3 atom stereocenters. The lowest BCUT2D eigenvalue weighted by Gasteiger charge is -2.42. The van der Waals surface area contributed by atoms with Gasteiger partial charge in [-0.15, -0.1) is 0 Å². The van der Waals surface area contributed by atoms with Gasteiger partial charge in [-0.25, -0.2) is 0 Å². The van der Waals surface area contributed by atoms with Crippen molar-refractivity contribution in [2.75, 3.05) is 26.7 Å². The number of rotatable bonds is 4. The number of aliphatic hydroxyl groups is 1. The van der Waals surface area contributed by atoms with E-state index in [2.05, 4.69) is 53.3 Å². The Kier molecular flexibility index (Phi) is 5.01. The summed E-state index contributed by atoms with van der Waals surface area (Å²) in [7, 11) is 1.70. The smallest absolute Gasteiger partial charge is 0.119 e. The molecule has 3 heterocycles. The number of fused-ring (bicyclic) bond motifs is 1. The zero-order valence-electron chi connectivity index (χ0n) is 16.9. The number of methoxy groups -OCH3 is 1. The summed E-state index contributed by atoms with van der Waals surface area (Å²) >= 11 is 0. The molecule has 27 heavy (non-hydrogen) atoms. The Morgan fingerprint density at radius 3 is 2.56 bits per heavy atom. The zero-order valence-corrected chi connectivity index (χ0v) is 16.9. The molecule has 0 saturated carbocycles. The van der Waals surface area contributed by atoms with Crippen LogP contribution < -0.4 is 4.74 Å². The predicted molar refractivity (Wildman–Crippen MR) is 108 cm³/mol. The molecule has 0 aliphatic carbocycles. The molecule has 1 unspecified atom stereocenters. The van der Waals surface area contributed by atoms with Crippen LogP contribution in [-0.4, -0.2) is 64.4 Å². The zero-order chi connectivity index (χ0) is 19.1. The van der Waals surface area contributed by atoms with Crippen LogP contribution in [0.5, 0.6) is 5.75 Å². The average molecular weight is 370 g/mol. The Balaban J connectivity index is 1.54. The molecule has 0 spiro atoms. The minimum atomic E-state index is -0.151. The second-order valence-corrected chi connectivity index (χ2v) is 8.21. The Morgan fingerprint density at radius 1 is 1.11 bits per heavy atom. The van der Waals surface area contributed by atoms with Crippen molar-refractivity contribution in [1.82, 2.24) is 14.4 Å². The van der Waals surface area contributed by atoms with E-state index in [1.807, 2.05) is 12.1 Å². The molecule has 2 saturated heterocycles. The fraction of sp³-hybridized carbons (Fsp3) is 0.545. The molecular formula is C22H31N3O2. The van der Waals surface area contributed by atoms with Crippen LogP contribution in [0, 0.1) is 13.8 Å². The lowest BCUT2D eigenvalue weighted by Crippen LogP contribution is -2.54. The Morgan fingerprint density at radius 2 is 1.85 bits per heavy atom. The summed E-state index contributed by atoms with van der Waals surface area (Å²) in [4.78, 5) is 5.05. The third-order valence-corrected chi connectivity index (χ3v) is 6.31. The molecule has 0 radical (unpaired) electrons. The normalized spacial score (nSPS) is 26.3. The fourth-order valence-corrected chi connectivity index (χ4v) is 4.83. The molecule has 2 aliphatic rings. The SMILES string of the molecule is COc1ccc(-n2c(C)cc(CN3CC4C[C@@H](O)CN4C[C@@H]3C)c2C)cc1. The van der Waals surface area contributed by atoms with E-state index in [-0.39, 0.29) is 6.10 Å². The van der Waals surface area contributed by atoms with E-state index in [1.54, 1.807) is 7.11 Å². The Labute approximate surface area is 162 Å². The molecule has 2 fully saturated rings. The number of aromatic nitrogens is 1. The summed E-state index contributed by atoms with van der Waals surface area (Å²) in [6.45, 7) is 10.6. The quantitative estimate of drug-likeness (QED) is 0.900. The molecule has 5 nitrogen and oxygen atoms in total. The van der Waals surface area contributed by atoms with Crippen molar-refractivity contribution in [3.8, 4) is 11.4 Å². The van der Waals surface area contributed by atoms with E-state index in [4.69, 9.17) is 4.74 Å². The molecule has 1 aromatic heterocycles. The fourth-order valence-electron chi connectivity index (χ4n) is 4.83. The van der Waals surface area contributed by atoms with Gasteiger partial charge in [-0.3, -0.25) is 9.80 Å². The molecule has 0 amide bonds. The van der Waals surface area contributed by atoms with Crippen molar-refractivity contribution in [1.29, 1.82) is 0 Å². The van der Waals surface area contributed by atoms with Crippen molar-refractivity contribution in [2.45, 2.75) is 51.9 Å². The summed E-state index contributed by atoms with van der Waals surface area (Å²) in [5.74, 6) is 0.881. The van der Waals surface area contributed by atoms with Gasteiger partial charge < -0.3 is 14.4 Å². The van der Waals surface area contributed by atoms with E-state index in [9.17, 15) is 5.11 Å². The van der Waals surface area contributed by atoms with Crippen molar-refractivity contribution in [3.05, 3.63) is 47.3 Å². The number of benzene rings is 1. The first-order chi connectivity index (χ1) is 13.0. The number of aryl methyl sites for hydroxylation is 1. The highest BCUT2D eigenvalue weighted by Crippen LogP contribution is 2.28. The number of hydrogen-bond donors (Lipinski definition) is 1. The number of nitrogens with zero attached hydrogens (tertiary/aromatic N) is 3. The molecule has 4 rings (SSSR count). The molecule has 2 aromatic rings. The van der Waals surface area contributed by atoms with Crippen LogP contribution in [0.15, 0.2) is 30.3 Å². The maximum atomic E-state index is 10.00. The van der Waals surface area contributed by atoms with Gasteiger partial charge in [0.05, 0.1) is 13.2 Å². The maximum absolute atomic E-state index is 10.00. The van der Waals surface area contributed by atoms with E-state index in [0.717, 1.165) is 38.3 Å². The monoisotopic (exact) mass is 369 g/mol. The van der Waals surface area contributed by atoms with Crippen LogP contribution in [0.2, 0.25) is 0 Å². The van der Waals surface area contributed by atoms with Gasteiger partial charge in [0.15, 0.2) is 0 Å². The summed E-state index contributed by atoms with van der Waals surface area (Å²) < 4.78 is 7.62. The maximum Gasteiger partial charge on any atom is 0.119 e. The van der Waals surface area contributed by atoms with Crippen LogP contribution in [0.3, 0.4) is 0 Å². The topological polar surface area (TPSA) is 40.9 Å². The Bertz CT molecular complexity index is 799. The largest absolute Gasteiger partial charge is 0.497 e. The highest BCUT2D eigenvalue weighted by atomic mass is 16.5. The number of aliphatic hydroxyl groups excluding tert-OH is 1. The third-order valence-electron chi connectivity index (χ3n) is 6.31. The van der Waals surface area contributed by atoms with Gasteiger partial charge in [0.2, 0.25) is 0 Å². The van der Waals surface area contributed by atoms with Crippen LogP contribution in [-0.2, 0) is 6.54 Å². The molecule has 1 N–H and O–H groups in total.